The lowest BCUT2D eigenvalue weighted by Gasteiger charge is -2.16. The Hall–Kier alpha value is -1.91. The highest BCUT2D eigenvalue weighted by Crippen LogP contribution is 2.40. The molecular formula is C30H38Cl4O8S. The summed E-state index contributed by atoms with van der Waals surface area (Å²) >= 11 is 25.0. The van der Waals surface area contributed by atoms with Crippen molar-refractivity contribution in [2.75, 3.05) is 13.2 Å². The molecular weight excluding hydrogens is 662 g/mol. The monoisotopic (exact) mass is 698 g/mol. The minimum Gasteiger partial charge on any atom is -0.434 e. The van der Waals surface area contributed by atoms with Crippen LogP contribution in [0.2, 0.25) is 20.1 Å². The summed E-state index contributed by atoms with van der Waals surface area (Å²) in [7, 11) is -4.27. The molecule has 0 aliphatic heterocycles. The number of ether oxygens (including phenoxy) is 4. The topological polar surface area (TPSA) is 105 Å². The minimum atomic E-state index is -4.27. The number of sulfone groups is 1. The molecule has 0 saturated carbocycles. The Balaban J connectivity index is 2.17. The van der Waals surface area contributed by atoms with Crippen molar-refractivity contribution in [2.24, 2.45) is 11.8 Å². The summed E-state index contributed by atoms with van der Waals surface area (Å²) in [6, 6.07) is 4.31. The maximum atomic E-state index is 13.4. The fraction of sp³-hybridized carbons (Fsp3) is 0.533. The molecule has 0 heterocycles. The molecule has 0 aliphatic carbocycles. The molecule has 2 unspecified atom stereocenters. The van der Waals surface area contributed by atoms with Crippen molar-refractivity contribution in [2.45, 2.75) is 88.9 Å². The van der Waals surface area contributed by atoms with Gasteiger partial charge < -0.3 is 18.9 Å². The minimum absolute atomic E-state index is 0.175. The average Bonchev–Trinajstić information content (AvgIpc) is 2.96. The van der Waals surface area contributed by atoms with Gasteiger partial charge in [0, 0.05) is 0 Å². The SMILES string of the molecule is CCCCC(CC)COC(=O)Oc1c(Cl)cc(S(=O)(=O)c2cc(Cl)c(OC(=O)OCC(CC)CCCC)c(Cl)c2)cc1Cl. The van der Waals surface area contributed by atoms with Crippen LogP contribution in [0.3, 0.4) is 0 Å². The predicted octanol–water partition coefficient (Wildman–Crippen LogP) is 10.6. The van der Waals surface area contributed by atoms with E-state index in [1.165, 1.54) is 0 Å². The van der Waals surface area contributed by atoms with Crippen molar-refractivity contribution in [3.05, 3.63) is 44.4 Å². The van der Waals surface area contributed by atoms with Gasteiger partial charge in [-0.05, 0) is 48.9 Å². The lowest BCUT2D eigenvalue weighted by atomic mass is 10.0. The molecule has 0 amide bonds. The van der Waals surface area contributed by atoms with Gasteiger partial charge in [-0.15, -0.1) is 0 Å². The van der Waals surface area contributed by atoms with E-state index in [0.717, 1.165) is 75.6 Å². The first kappa shape index (κ1) is 37.3. The Morgan fingerprint density at radius 3 is 1.26 bits per heavy atom. The van der Waals surface area contributed by atoms with E-state index >= 15 is 0 Å². The Morgan fingerprint density at radius 1 is 0.651 bits per heavy atom. The van der Waals surface area contributed by atoms with Gasteiger partial charge >= 0.3 is 12.3 Å². The lowest BCUT2D eigenvalue weighted by Crippen LogP contribution is -2.17. The maximum absolute atomic E-state index is 13.4. The molecule has 0 aliphatic rings. The molecule has 0 aromatic heterocycles. The van der Waals surface area contributed by atoms with Crippen LogP contribution in [0, 0.1) is 11.8 Å². The summed E-state index contributed by atoms with van der Waals surface area (Å²) in [5.74, 6) is -0.105. The summed E-state index contributed by atoms with van der Waals surface area (Å²) in [6.07, 6.45) is 5.59. The summed E-state index contributed by atoms with van der Waals surface area (Å²) in [4.78, 5) is 23.9. The van der Waals surface area contributed by atoms with Crippen molar-refractivity contribution in [3.63, 3.8) is 0 Å². The second-order valence-corrected chi connectivity index (χ2v) is 13.7. The van der Waals surface area contributed by atoms with Gasteiger partial charge in [0.25, 0.3) is 0 Å². The standard InChI is InChI=1S/C30H38Cl4O8S/c1-5-9-11-19(7-3)17-39-29(35)41-27-23(31)13-21(14-24(27)32)43(37,38)22-15-25(33)28(26(34)16-22)42-30(36)40-18-20(8-4)12-10-6-2/h13-16,19-20H,5-12,17-18H2,1-4H3. The van der Waals surface area contributed by atoms with Crippen molar-refractivity contribution < 1.29 is 37.0 Å². The molecule has 2 aromatic rings. The first-order chi connectivity index (χ1) is 20.4. The molecule has 43 heavy (non-hydrogen) atoms. The third kappa shape index (κ3) is 11.2. The van der Waals surface area contributed by atoms with Gasteiger partial charge in [0.15, 0.2) is 11.5 Å². The second-order valence-electron chi connectivity index (χ2n) is 10.1. The smallest absolute Gasteiger partial charge is 0.434 e. The summed E-state index contributed by atoms with van der Waals surface area (Å²) < 4.78 is 47.6. The van der Waals surface area contributed by atoms with Gasteiger partial charge in [-0.1, -0.05) is 113 Å². The highest BCUT2D eigenvalue weighted by atomic mass is 35.5. The molecule has 0 saturated heterocycles. The van der Waals surface area contributed by atoms with Crippen LogP contribution < -0.4 is 9.47 Å². The first-order valence-electron chi connectivity index (χ1n) is 14.3. The zero-order valence-corrected chi connectivity index (χ0v) is 28.6. The number of halogens is 4. The molecule has 2 atom stereocenters. The molecule has 0 spiro atoms. The van der Waals surface area contributed by atoms with Crippen molar-refractivity contribution in [3.8, 4) is 11.5 Å². The van der Waals surface area contributed by atoms with Gasteiger partial charge in [0.1, 0.15) is 0 Å². The van der Waals surface area contributed by atoms with Crippen LogP contribution in [0.1, 0.15) is 79.1 Å². The van der Waals surface area contributed by atoms with E-state index in [4.69, 9.17) is 65.4 Å². The zero-order chi connectivity index (χ0) is 32.2. The van der Waals surface area contributed by atoms with Gasteiger partial charge in [-0.25, -0.2) is 18.0 Å². The van der Waals surface area contributed by atoms with E-state index in [9.17, 15) is 18.0 Å². The van der Waals surface area contributed by atoms with Crippen molar-refractivity contribution >= 4 is 68.6 Å². The van der Waals surface area contributed by atoms with Crippen LogP contribution in [-0.4, -0.2) is 33.9 Å². The quantitative estimate of drug-likeness (QED) is 0.126. The number of carbonyl (C=O) groups excluding carboxylic acids is 2. The summed E-state index contributed by atoms with van der Waals surface area (Å²) in [6.45, 7) is 8.53. The van der Waals surface area contributed by atoms with E-state index in [2.05, 4.69) is 13.8 Å². The Labute approximate surface area is 274 Å². The normalized spacial score (nSPS) is 12.8. The van der Waals surface area contributed by atoms with Crippen LogP contribution >= 0.6 is 46.4 Å². The van der Waals surface area contributed by atoms with Crippen LogP contribution in [-0.2, 0) is 19.3 Å². The van der Waals surface area contributed by atoms with Gasteiger partial charge in [-0.2, -0.15) is 0 Å². The molecule has 8 nitrogen and oxygen atoms in total. The summed E-state index contributed by atoms with van der Waals surface area (Å²) in [5, 5.41) is -0.925. The van der Waals surface area contributed by atoms with Crippen LogP contribution in [0.15, 0.2) is 34.1 Å². The molecule has 0 radical (unpaired) electrons. The average molecular weight is 701 g/mol. The molecule has 0 bridgehead atoms. The Morgan fingerprint density at radius 2 is 0.977 bits per heavy atom. The van der Waals surface area contributed by atoms with E-state index in [1.54, 1.807) is 0 Å². The fourth-order valence-corrected chi connectivity index (χ4v) is 6.86. The molecule has 13 heteroatoms. The Kier molecular flexibility index (Phi) is 15.7. The van der Waals surface area contributed by atoms with Crippen molar-refractivity contribution in [1.82, 2.24) is 0 Å². The first-order valence-corrected chi connectivity index (χ1v) is 17.3. The maximum Gasteiger partial charge on any atom is 0.513 e. The van der Waals surface area contributed by atoms with Crippen LogP contribution in [0.4, 0.5) is 9.59 Å². The lowest BCUT2D eigenvalue weighted by molar-refractivity contribution is 0.0803. The predicted molar refractivity (Wildman–Crippen MR) is 169 cm³/mol. The Bertz CT molecular complexity index is 1210. The van der Waals surface area contributed by atoms with Gasteiger partial charge in [0.05, 0.1) is 43.1 Å². The number of hydrogen-bond donors (Lipinski definition) is 0. The van der Waals surface area contributed by atoms with Crippen LogP contribution in [0.25, 0.3) is 0 Å². The van der Waals surface area contributed by atoms with Gasteiger partial charge in [0.2, 0.25) is 9.84 Å². The van der Waals surface area contributed by atoms with E-state index in [-0.39, 0.29) is 66.4 Å². The molecule has 0 fully saturated rings. The highest BCUT2D eigenvalue weighted by molar-refractivity contribution is 7.91. The third-order valence-corrected chi connectivity index (χ3v) is 9.73. The molecule has 2 rings (SSSR count). The second kappa shape index (κ2) is 18.2. The van der Waals surface area contributed by atoms with Gasteiger partial charge in [-0.3, -0.25) is 0 Å². The molecule has 240 valence electrons. The largest absolute Gasteiger partial charge is 0.513 e. The van der Waals surface area contributed by atoms with E-state index < -0.39 is 22.1 Å². The van der Waals surface area contributed by atoms with E-state index in [0.29, 0.717) is 0 Å². The number of unbranched alkanes of at least 4 members (excludes halogenated alkanes) is 2. The molecule has 0 N–H and O–H groups in total. The number of carbonyl (C=O) groups is 2. The molecule has 2 aromatic carbocycles. The third-order valence-electron chi connectivity index (χ3n) is 6.90. The number of hydrogen-bond acceptors (Lipinski definition) is 8. The van der Waals surface area contributed by atoms with Crippen LogP contribution in [0.5, 0.6) is 11.5 Å². The number of benzene rings is 2. The number of rotatable bonds is 16. The fourth-order valence-electron chi connectivity index (χ4n) is 4.11. The zero-order valence-electron chi connectivity index (χ0n) is 24.7. The summed E-state index contributed by atoms with van der Waals surface area (Å²) in [5.41, 5.74) is 0. The van der Waals surface area contributed by atoms with Crippen molar-refractivity contribution in [1.29, 1.82) is 0 Å². The van der Waals surface area contributed by atoms with E-state index in [1.807, 2.05) is 13.8 Å². The highest BCUT2D eigenvalue weighted by Gasteiger charge is 2.26.